The third-order valence-electron chi connectivity index (χ3n) is 1.53. The highest BCUT2D eigenvalue weighted by atomic mass is 16.7. The van der Waals surface area contributed by atoms with Crippen LogP contribution in [0.5, 0.6) is 0 Å². The number of ether oxygens (including phenoxy) is 3. The molecule has 1 aliphatic rings. The summed E-state index contributed by atoms with van der Waals surface area (Å²) in [4.78, 5) is 21.6. The maximum Gasteiger partial charge on any atom is 0.338 e. The summed E-state index contributed by atoms with van der Waals surface area (Å²) < 4.78 is 14.0. The predicted molar refractivity (Wildman–Crippen MR) is 38.9 cm³/mol. The van der Waals surface area contributed by atoms with Gasteiger partial charge < -0.3 is 19.3 Å². The Balaban J connectivity index is 2.57. The Labute approximate surface area is 74.4 Å². The smallest absolute Gasteiger partial charge is 0.338 e. The van der Waals surface area contributed by atoms with Gasteiger partial charge in [-0.15, -0.1) is 0 Å². The number of carbonyl (C=O) groups is 2. The standard InChI is InChI=1S/C7H10O6/c1-2-11-7(10)5-4(6(8)9)12-3-13-5/h4-5H,2-3H2,1H3,(H,8,9)/t4-,5-/m0/s1. The lowest BCUT2D eigenvalue weighted by Gasteiger charge is -2.10. The molecule has 0 unspecified atom stereocenters. The topological polar surface area (TPSA) is 82.1 Å². The first-order valence-corrected chi connectivity index (χ1v) is 3.79. The Morgan fingerprint density at radius 1 is 1.46 bits per heavy atom. The molecule has 0 aromatic heterocycles. The minimum Gasteiger partial charge on any atom is -0.479 e. The van der Waals surface area contributed by atoms with Crippen LogP contribution in [0.25, 0.3) is 0 Å². The van der Waals surface area contributed by atoms with E-state index in [1.165, 1.54) is 0 Å². The Morgan fingerprint density at radius 3 is 2.62 bits per heavy atom. The predicted octanol–water partition coefficient (Wildman–Crippen LogP) is -0.624. The van der Waals surface area contributed by atoms with Crippen LogP contribution in [-0.2, 0) is 23.8 Å². The van der Waals surface area contributed by atoms with E-state index < -0.39 is 24.1 Å². The molecule has 1 fully saturated rings. The number of esters is 1. The fourth-order valence-electron chi connectivity index (χ4n) is 0.977. The molecule has 1 N–H and O–H groups in total. The van der Waals surface area contributed by atoms with E-state index in [1.807, 2.05) is 0 Å². The number of carbonyl (C=O) groups excluding carboxylic acids is 1. The van der Waals surface area contributed by atoms with Gasteiger partial charge in [-0.05, 0) is 6.92 Å². The van der Waals surface area contributed by atoms with Crippen molar-refractivity contribution >= 4 is 11.9 Å². The van der Waals surface area contributed by atoms with Crippen molar-refractivity contribution in [3.8, 4) is 0 Å². The molecule has 6 nitrogen and oxygen atoms in total. The molecule has 2 atom stereocenters. The van der Waals surface area contributed by atoms with Gasteiger partial charge >= 0.3 is 11.9 Å². The van der Waals surface area contributed by atoms with Crippen molar-refractivity contribution in [2.75, 3.05) is 13.4 Å². The molecule has 0 spiro atoms. The molecule has 1 heterocycles. The maximum atomic E-state index is 11.1. The monoisotopic (exact) mass is 190 g/mol. The summed E-state index contributed by atoms with van der Waals surface area (Å²) in [6.45, 7) is 1.62. The van der Waals surface area contributed by atoms with Crippen molar-refractivity contribution in [2.45, 2.75) is 19.1 Å². The van der Waals surface area contributed by atoms with E-state index in [2.05, 4.69) is 9.47 Å². The highest BCUT2D eigenvalue weighted by Crippen LogP contribution is 2.14. The molecule has 0 aromatic rings. The molecule has 1 rings (SSSR count). The van der Waals surface area contributed by atoms with Gasteiger partial charge in [0.15, 0.2) is 12.2 Å². The molecule has 0 aromatic carbocycles. The highest BCUT2D eigenvalue weighted by molar-refractivity contribution is 5.85. The molecule has 0 aliphatic carbocycles. The van der Waals surface area contributed by atoms with Gasteiger partial charge in [-0.25, -0.2) is 9.59 Å². The summed E-state index contributed by atoms with van der Waals surface area (Å²) in [6.07, 6.45) is -2.39. The molecule has 0 radical (unpaired) electrons. The Kier molecular flexibility index (Phi) is 3.21. The Morgan fingerprint density at radius 2 is 2.08 bits per heavy atom. The number of hydrogen-bond donors (Lipinski definition) is 1. The largest absolute Gasteiger partial charge is 0.479 e. The molecule has 0 saturated carbocycles. The average molecular weight is 190 g/mol. The first-order chi connectivity index (χ1) is 6.16. The minimum atomic E-state index is -1.25. The average Bonchev–Trinajstić information content (AvgIpc) is 2.52. The first-order valence-electron chi connectivity index (χ1n) is 3.79. The van der Waals surface area contributed by atoms with Crippen LogP contribution < -0.4 is 0 Å². The van der Waals surface area contributed by atoms with Gasteiger partial charge in [0.25, 0.3) is 0 Å². The van der Waals surface area contributed by atoms with Crippen LogP contribution in [0.1, 0.15) is 6.92 Å². The van der Waals surface area contributed by atoms with E-state index >= 15 is 0 Å². The van der Waals surface area contributed by atoms with Crippen LogP contribution in [0.4, 0.5) is 0 Å². The van der Waals surface area contributed by atoms with Crippen molar-refractivity contribution in [1.29, 1.82) is 0 Å². The normalized spacial score (nSPS) is 27.2. The van der Waals surface area contributed by atoms with Gasteiger partial charge in [0, 0.05) is 0 Å². The molecular formula is C7H10O6. The summed E-state index contributed by atoms with van der Waals surface area (Å²) in [6, 6.07) is 0. The zero-order valence-corrected chi connectivity index (χ0v) is 7.06. The van der Waals surface area contributed by atoms with E-state index in [-0.39, 0.29) is 13.4 Å². The molecule has 6 heteroatoms. The lowest BCUT2D eigenvalue weighted by Crippen LogP contribution is -2.38. The highest BCUT2D eigenvalue weighted by Gasteiger charge is 2.41. The Bertz CT molecular complexity index is 213. The van der Waals surface area contributed by atoms with Gasteiger partial charge in [0.1, 0.15) is 6.79 Å². The van der Waals surface area contributed by atoms with Crippen molar-refractivity contribution in [2.24, 2.45) is 0 Å². The van der Waals surface area contributed by atoms with E-state index in [9.17, 15) is 9.59 Å². The maximum absolute atomic E-state index is 11.1. The van der Waals surface area contributed by atoms with Crippen molar-refractivity contribution in [3.05, 3.63) is 0 Å². The quantitative estimate of drug-likeness (QED) is 0.597. The second-order valence-corrected chi connectivity index (χ2v) is 2.38. The summed E-state index contributed by atoms with van der Waals surface area (Å²) in [5.74, 6) is -1.93. The third-order valence-corrected chi connectivity index (χ3v) is 1.53. The lowest BCUT2D eigenvalue weighted by atomic mass is 10.2. The summed E-state index contributed by atoms with van der Waals surface area (Å²) in [7, 11) is 0. The second kappa shape index (κ2) is 4.20. The second-order valence-electron chi connectivity index (χ2n) is 2.38. The van der Waals surface area contributed by atoms with E-state index in [0.29, 0.717) is 0 Å². The van der Waals surface area contributed by atoms with Gasteiger partial charge in [-0.1, -0.05) is 0 Å². The lowest BCUT2D eigenvalue weighted by molar-refractivity contribution is -0.160. The fourth-order valence-corrected chi connectivity index (χ4v) is 0.977. The third kappa shape index (κ3) is 2.16. The van der Waals surface area contributed by atoms with Gasteiger partial charge in [-0.3, -0.25) is 0 Å². The van der Waals surface area contributed by atoms with Crippen molar-refractivity contribution in [3.63, 3.8) is 0 Å². The summed E-state index contributed by atoms with van der Waals surface area (Å²) >= 11 is 0. The van der Waals surface area contributed by atoms with Crippen LogP contribution in [0, 0.1) is 0 Å². The van der Waals surface area contributed by atoms with Crippen LogP contribution in [-0.4, -0.2) is 42.7 Å². The van der Waals surface area contributed by atoms with Crippen LogP contribution in [0.2, 0.25) is 0 Å². The first kappa shape index (κ1) is 9.94. The van der Waals surface area contributed by atoms with E-state index in [0.717, 1.165) is 0 Å². The van der Waals surface area contributed by atoms with Gasteiger partial charge in [-0.2, -0.15) is 0 Å². The number of carboxylic acid groups (broad SMARTS) is 1. The molecule has 1 saturated heterocycles. The summed E-state index contributed by atoms with van der Waals surface area (Å²) in [5.41, 5.74) is 0. The van der Waals surface area contributed by atoms with E-state index in [4.69, 9.17) is 9.84 Å². The zero-order chi connectivity index (χ0) is 9.84. The SMILES string of the molecule is CCOC(=O)[C@H]1OCO[C@@H]1C(=O)O. The molecule has 0 bridgehead atoms. The van der Waals surface area contributed by atoms with Crippen LogP contribution in [0.15, 0.2) is 0 Å². The van der Waals surface area contributed by atoms with Crippen LogP contribution >= 0.6 is 0 Å². The number of aliphatic carboxylic acids is 1. The summed E-state index contributed by atoms with van der Waals surface area (Å²) in [5, 5.41) is 8.59. The molecule has 74 valence electrons. The van der Waals surface area contributed by atoms with E-state index in [1.54, 1.807) is 6.92 Å². The Hall–Kier alpha value is -1.14. The molecular weight excluding hydrogens is 180 g/mol. The van der Waals surface area contributed by atoms with Gasteiger partial charge in [0.05, 0.1) is 6.61 Å². The van der Waals surface area contributed by atoms with Gasteiger partial charge in [0.2, 0.25) is 0 Å². The van der Waals surface area contributed by atoms with Crippen molar-refractivity contribution in [1.82, 2.24) is 0 Å². The van der Waals surface area contributed by atoms with Crippen molar-refractivity contribution < 1.29 is 28.9 Å². The fraction of sp³-hybridized carbons (Fsp3) is 0.714. The number of carboxylic acids is 1. The number of hydrogen-bond acceptors (Lipinski definition) is 5. The van der Waals surface area contributed by atoms with Crippen LogP contribution in [0.3, 0.4) is 0 Å². The molecule has 0 amide bonds. The number of rotatable bonds is 3. The molecule has 13 heavy (non-hydrogen) atoms. The minimum absolute atomic E-state index is 0.186. The zero-order valence-electron chi connectivity index (χ0n) is 7.06. The molecule has 1 aliphatic heterocycles.